The van der Waals surface area contributed by atoms with Crippen LogP contribution in [0.25, 0.3) is 0 Å². The van der Waals surface area contributed by atoms with E-state index < -0.39 is 0 Å². The van der Waals surface area contributed by atoms with Crippen LogP contribution in [-0.2, 0) is 23.0 Å². The first-order valence-electron chi connectivity index (χ1n) is 6.95. The molecule has 20 heavy (non-hydrogen) atoms. The first kappa shape index (κ1) is 15.0. The molecule has 0 saturated carbocycles. The molecule has 0 bridgehead atoms. The minimum Gasteiger partial charge on any atom is -0.394 e. The minimum absolute atomic E-state index is 0.0441. The zero-order valence-corrected chi connectivity index (χ0v) is 12.6. The maximum Gasteiger partial charge on any atom is 0.227 e. The van der Waals surface area contributed by atoms with Gasteiger partial charge in [0.25, 0.3) is 0 Å². The molecule has 6 nitrogen and oxygen atoms in total. The van der Waals surface area contributed by atoms with Crippen molar-refractivity contribution in [1.82, 2.24) is 14.7 Å². The summed E-state index contributed by atoms with van der Waals surface area (Å²) in [6, 6.07) is 0.0441. The van der Waals surface area contributed by atoms with E-state index in [1.807, 2.05) is 27.8 Å². The van der Waals surface area contributed by atoms with Crippen LogP contribution in [0.15, 0.2) is 0 Å². The number of hydrogen-bond acceptors (Lipinski definition) is 4. The zero-order valence-electron chi connectivity index (χ0n) is 12.6. The lowest BCUT2D eigenvalue weighted by atomic mass is 10.1. The predicted octanol–water partition coefficient (Wildman–Crippen LogP) is 0.188. The highest BCUT2D eigenvalue weighted by atomic mass is 16.5. The summed E-state index contributed by atoms with van der Waals surface area (Å²) < 4.78 is 7.26. The maximum atomic E-state index is 12.5. The third-order valence-electron chi connectivity index (χ3n) is 4.02. The highest BCUT2D eigenvalue weighted by molar-refractivity contribution is 5.79. The van der Waals surface area contributed by atoms with Gasteiger partial charge in [-0.3, -0.25) is 9.48 Å². The van der Waals surface area contributed by atoms with Crippen molar-refractivity contribution in [2.45, 2.75) is 39.3 Å². The number of aliphatic hydroxyl groups excluding tert-OH is 1. The summed E-state index contributed by atoms with van der Waals surface area (Å²) in [5, 5.41) is 13.5. The minimum atomic E-state index is -0.272. The topological polar surface area (TPSA) is 67.6 Å². The van der Waals surface area contributed by atoms with Gasteiger partial charge in [0.15, 0.2) is 0 Å². The fourth-order valence-electron chi connectivity index (χ4n) is 2.60. The van der Waals surface area contributed by atoms with Gasteiger partial charge in [-0.2, -0.15) is 5.10 Å². The molecule has 2 heterocycles. The number of ether oxygens (including phenoxy) is 1. The monoisotopic (exact) mass is 281 g/mol. The molecule has 1 aromatic rings. The fraction of sp³-hybridized carbons (Fsp3) is 0.714. The molecular formula is C14H23N3O3. The second kappa shape index (κ2) is 5.93. The number of hydrogen-bond donors (Lipinski definition) is 1. The fourth-order valence-corrected chi connectivity index (χ4v) is 2.60. The summed E-state index contributed by atoms with van der Waals surface area (Å²) in [5.41, 5.74) is 2.92. The Labute approximate surface area is 119 Å². The van der Waals surface area contributed by atoms with Crippen molar-refractivity contribution in [3.05, 3.63) is 17.0 Å². The van der Waals surface area contributed by atoms with Gasteiger partial charge in [-0.05, 0) is 20.8 Å². The Morgan fingerprint density at radius 2 is 2.20 bits per heavy atom. The highest BCUT2D eigenvalue weighted by Crippen LogP contribution is 2.17. The number of rotatable bonds is 3. The van der Waals surface area contributed by atoms with Gasteiger partial charge in [-0.1, -0.05) is 0 Å². The van der Waals surface area contributed by atoms with Gasteiger partial charge in [-0.25, -0.2) is 0 Å². The van der Waals surface area contributed by atoms with E-state index in [1.165, 1.54) is 0 Å². The number of morpholine rings is 1. The first-order valence-corrected chi connectivity index (χ1v) is 6.95. The van der Waals surface area contributed by atoms with Crippen molar-refractivity contribution >= 4 is 5.91 Å². The van der Waals surface area contributed by atoms with Gasteiger partial charge in [0.1, 0.15) is 0 Å². The Morgan fingerprint density at radius 1 is 1.50 bits per heavy atom. The van der Waals surface area contributed by atoms with Crippen LogP contribution >= 0.6 is 0 Å². The Hall–Kier alpha value is -1.40. The lowest BCUT2D eigenvalue weighted by Gasteiger charge is -2.37. The standard InChI is InChI=1S/C14H23N3O3/c1-9-8-20-12(7-18)6-17(9)14(19)5-13-10(2)15-16(4)11(13)3/h9,12,18H,5-8H2,1-4H3. The molecule has 0 spiro atoms. The number of amides is 1. The van der Waals surface area contributed by atoms with E-state index in [2.05, 4.69) is 5.10 Å². The Kier molecular flexibility index (Phi) is 4.45. The molecule has 1 aromatic heterocycles. The van der Waals surface area contributed by atoms with Crippen LogP contribution in [0.2, 0.25) is 0 Å². The van der Waals surface area contributed by atoms with E-state index in [0.717, 1.165) is 17.0 Å². The molecule has 1 fully saturated rings. The number of carbonyl (C=O) groups excluding carboxylic acids is 1. The second-order valence-electron chi connectivity index (χ2n) is 5.48. The number of aryl methyl sites for hydroxylation is 2. The lowest BCUT2D eigenvalue weighted by Crippen LogP contribution is -2.52. The van der Waals surface area contributed by atoms with Crippen molar-refractivity contribution in [2.75, 3.05) is 19.8 Å². The summed E-state index contributed by atoms with van der Waals surface area (Å²) >= 11 is 0. The van der Waals surface area contributed by atoms with Crippen molar-refractivity contribution in [3.8, 4) is 0 Å². The first-order chi connectivity index (χ1) is 9.43. The van der Waals surface area contributed by atoms with E-state index in [-0.39, 0.29) is 24.7 Å². The molecule has 2 unspecified atom stereocenters. The molecule has 0 radical (unpaired) electrons. The molecule has 1 aliphatic rings. The van der Waals surface area contributed by atoms with Crippen molar-refractivity contribution in [3.63, 3.8) is 0 Å². The number of nitrogens with zero attached hydrogens (tertiary/aromatic N) is 3. The lowest BCUT2D eigenvalue weighted by molar-refractivity contribution is -0.145. The molecule has 112 valence electrons. The van der Waals surface area contributed by atoms with E-state index in [9.17, 15) is 9.90 Å². The van der Waals surface area contributed by atoms with Crippen molar-refractivity contribution < 1.29 is 14.6 Å². The second-order valence-corrected chi connectivity index (χ2v) is 5.48. The molecule has 1 aliphatic heterocycles. The van der Waals surface area contributed by atoms with Crippen LogP contribution in [0.3, 0.4) is 0 Å². The summed E-state index contributed by atoms with van der Waals surface area (Å²) in [7, 11) is 1.88. The Morgan fingerprint density at radius 3 is 2.75 bits per heavy atom. The molecule has 6 heteroatoms. The van der Waals surface area contributed by atoms with Gasteiger partial charge in [-0.15, -0.1) is 0 Å². The molecule has 0 aromatic carbocycles. The van der Waals surface area contributed by atoms with Gasteiger partial charge >= 0.3 is 0 Å². The maximum absolute atomic E-state index is 12.5. The van der Waals surface area contributed by atoms with E-state index in [1.54, 1.807) is 9.58 Å². The summed E-state index contributed by atoms with van der Waals surface area (Å²) in [4.78, 5) is 14.3. The van der Waals surface area contributed by atoms with E-state index in [4.69, 9.17) is 4.74 Å². The average Bonchev–Trinajstić information content (AvgIpc) is 2.66. The number of aromatic nitrogens is 2. The van der Waals surface area contributed by atoms with Crippen molar-refractivity contribution in [1.29, 1.82) is 0 Å². The molecule has 1 saturated heterocycles. The quantitative estimate of drug-likeness (QED) is 0.858. The molecular weight excluding hydrogens is 258 g/mol. The van der Waals surface area contributed by atoms with Crippen LogP contribution in [0.5, 0.6) is 0 Å². The van der Waals surface area contributed by atoms with Crippen molar-refractivity contribution in [2.24, 2.45) is 7.05 Å². The molecule has 2 rings (SSSR count). The van der Waals surface area contributed by atoms with Gasteiger partial charge in [0.2, 0.25) is 5.91 Å². The van der Waals surface area contributed by atoms with E-state index in [0.29, 0.717) is 19.6 Å². The van der Waals surface area contributed by atoms with Crippen LogP contribution in [0.1, 0.15) is 23.9 Å². The van der Waals surface area contributed by atoms with Crippen LogP contribution in [-0.4, -0.2) is 57.6 Å². The Balaban J connectivity index is 2.10. The molecule has 2 atom stereocenters. The van der Waals surface area contributed by atoms with Crippen LogP contribution in [0.4, 0.5) is 0 Å². The van der Waals surface area contributed by atoms with Gasteiger partial charge in [0.05, 0.1) is 37.5 Å². The van der Waals surface area contributed by atoms with Crippen LogP contribution < -0.4 is 0 Å². The summed E-state index contributed by atoms with van der Waals surface area (Å²) in [6.45, 7) is 6.74. The molecule has 1 N–H and O–H groups in total. The zero-order chi connectivity index (χ0) is 14.9. The molecule has 1 amide bonds. The predicted molar refractivity (Wildman–Crippen MR) is 74.4 cm³/mol. The normalized spacial score (nSPS) is 23.1. The van der Waals surface area contributed by atoms with E-state index >= 15 is 0 Å². The third kappa shape index (κ3) is 2.86. The number of aliphatic hydroxyl groups is 1. The summed E-state index contributed by atoms with van der Waals surface area (Å²) in [5.74, 6) is 0.0680. The Bertz CT molecular complexity index is 498. The SMILES string of the molecule is Cc1nn(C)c(C)c1CC(=O)N1CC(CO)OCC1C. The third-order valence-corrected chi connectivity index (χ3v) is 4.02. The summed E-state index contributed by atoms with van der Waals surface area (Å²) in [6.07, 6.45) is 0.0832. The highest BCUT2D eigenvalue weighted by Gasteiger charge is 2.30. The smallest absolute Gasteiger partial charge is 0.227 e. The largest absolute Gasteiger partial charge is 0.394 e. The number of carbonyl (C=O) groups is 1. The molecule has 0 aliphatic carbocycles. The van der Waals surface area contributed by atoms with Gasteiger partial charge < -0.3 is 14.7 Å². The van der Waals surface area contributed by atoms with Crippen LogP contribution in [0, 0.1) is 13.8 Å². The van der Waals surface area contributed by atoms with Gasteiger partial charge in [0, 0.05) is 24.8 Å². The average molecular weight is 281 g/mol.